The first kappa shape index (κ1) is 13.0. The molecule has 0 amide bonds. The summed E-state index contributed by atoms with van der Waals surface area (Å²) >= 11 is 6.05. The number of hydrogen-bond acceptors (Lipinski definition) is 2. The average molecular weight is 245 g/mol. The van der Waals surface area contributed by atoms with Crippen molar-refractivity contribution >= 4 is 17.6 Å². The van der Waals surface area contributed by atoms with Gasteiger partial charge in [-0.1, -0.05) is 32.4 Å². The summed E-state index contributed by atoms with van der Waals surface area (Å²) in [4.78, 5) is 11.2. The van der Waals surface area contributed by atoms with Gasteiger partial charge in [0.25, 0.3) is 0 Å². The molecule has 0 saturated carbocycles. The zero-order valence-corrected chi connectivity index (χ0v) is 11.0. The summed E-state index contributed by atoms with van der Waals surface area (Å²) in [7, 11) is 0. The van der Waals surface area contributed by atoms with Crippen LogP contribution in [0.15, 0.2) is 0 Å². The molecule has 0 spiro atoms. The van der Waals surface area contributed by atoms with E-state index in [4.69, 9.17) is 16.7 Å². The van der Waals surface area contributed by atoms with Gasteiger partial charge in [0.15, 0.2) is 0 Å². The molecular weight excluding hydrogens is 228 g/mol. The molecular formula is C11H17ClN2O2. The molecule has 0 bridgehead atoms. The number of aromatic carboxylic acids is 1. The first-order valence-corrected chi connectivity index (χ1v) is 5.55. The summed E-state index contributed by atoms with van der Waals surface area (Å²) in [6.07, 6.45) is 0. The second-order valence-corrected chi connectivity index (χ2v) is 5.47. The monoisotopic (exact) mass is 244 g/mol. The summed E-state index contributed by atoms with van der Waals surface area (Å²) in [5, 5.41) is 13.7. The predicted octanol–water partition coefficient (Wildman–Crippen LogP) is 3.11. The first-order valence-electron chi connectivity index (χ1n) is 5.18. The van der Waals surface area contributed by atoms with Crippen LogP contribution in [0.25, 0.3) is 0 Å². The Kier molecular flexibility index (Phi) is 3.33. The van der Waals surface area contributed by atoms with Gasteiger partial charge in [-0.05, 0) is 13.8 Å². The van der Waals surface area contributed by atoms with Crippen LogP contribution in [0.1, 0.15) is 56.7 Å². The normalized spacial score (nSPS) is 12.2. The van der Waals surface area contributed by atoms with Gasteiger partial charge in [0.1, 0.15) is 10.7 Å². The third-order valence-corrected chi connectivity index (χ3v) is 2.63. The third-order valence-electron chi connectivity index (χ3n) is 2.27. The lowest BCUT2D eigenvalue weighted by molar-refractivity contribution is 0.0694. The minimum atomic E-state index is -1.03. The lowest BCUT2D eigenvalue weighted by Gasteiger charge is -2.16. The van der Waals surface area contributed by atoms with E-state index in [0.717, 1.165) is 0 Å². The van der Waals surface area contributed by atoms with Gasteiger partial charge in [0.2, 0.25) is 0 Å². The second-order valence-electron chi connectivity index (χ2n) is 5.11. The van der Waals surface area contributed by atoms with Crippen LogP contribution in [0.4, 0.5) is 0 Å². The van der Waals surface area contributed by atoms with Crippen molar-refractivity contribution < 1.29 is 9.90 Å². The minimum absolute atomic E-state index is 0.0432. The highest BCUT2D eigenvalue weighted by Crippen LogP contribution is 2.31. The Labute approximate surface area is 100 Å². The standard InChI is InChI=1S/C11H17ClN2O2/c1-6(2)14-9(12)7(10(15)16)8(13-14)11(3,4)5/h6H,1-5H3,(H,15,16). The maximum atomic E-state index is 11.2. The smallest absolute Gasteiger partial charge is 0.340 e. The fourth-order valence-electron chi connectivity index (χ4n) is 1.47. The van der Waals surface area contributed by atoms with Gasteiger partial charge in [-0.2, -0.15) is 5.10 Å². The van der Waals surface area contributed by atoms with E-state index < -0.39 is 5.97 Å². The maximum Gasteiger partial charge on any atom is 0.340 e. The Hall–Kier alpha value is -1.03. The highest BCUT2D eigenvalue weighted by atomic mass is 35.5. The van der Waals surface area contributed by atoms with Gasteiger partial charge in [0, 0.05) is 11.5 Å². The molecule has 1 aromatic heterocycles. The Bertz CT molecular complexity index is 416. The van der Waals surface area contributed by atoms with Crippen LogP contribution in [0.3, 0.4) is 0 Å². The number of nitrogens with zero attached hydrogens (tertiary/aromatic N) is 2. The zero-order chi connectivity index (χ0) is 12.7. The van der Waals surface area contributed by atoms with Crippen molar-refractivity contribution in [2.24, 2.45) is 0 Å². The molecule has 0 aromatic carbocycles. The van der Waals surface area contributed by atoms with Crippen LogP contribution < -0.4 is 0 Å². The molecule has 0 fully saturated rings. The SMILES string of the molecule is CC(C)n1nc(C(C)(C)C)c(C(=O)O)c1Cl. The zero-order valence-electron chi connectivity index (χ0n) is 10.2. The number of hydrogen-bond donors (Lipinski definition) is 1. The van der Waals surface area contributed by atoms with E-state index in [1.165, 1.54) is 0 Å². The number of halogens is 1. The molecule has 1 aromatic rings. The van der Waals surface area contributed by atoms with Gasteiger partial charge in [0.05, 0.1) is 5.69 Å². The summed E-state index contributed by atoms with van der Waals surface area (Å²) in [5.41, 5.74) is 0.305. The van der Waals surface area contributed by atoms with E-state index in [9.17, 15) is 4.79 Å². The molecule has 1 rings (SSSR count). The predicted molar refractivity (Wildman–Crippen MR) is 63.3 cm³/mol. The molecule has 0 aliphatic rings. The van der Waals surface area contributed by atoms with Crippen LogP contribution in [-0.4, -0.2) is 20.9 Å². The molecule has 90 valence electrons. The average Bonchev–Trinajstić information content (AvgIpc) is 2.41. The molecule has 0 aliphatic heterocycles. The molecule has 1 N–H and O–H groups in total. The minimum Gasteiger partial charge on any atom is -0.478 e. The number of rotatable bonds is 2. The Balaban J connectivity index is 3.50. The fourth-order valence-corrected chi connectivity index (χ4v) is 1.87. The van der Waals surface area contributed by atoms with Crippen LogP contribution in [0.2, 0.25) is 5.15 Å². The van der Waals surface area contributed by atoms with Gasteiger partial charge in [-0.3, -0.25) is 4.68 Å². The maximum absolute atomic E-state index is 11.2. The fraction of sp³-hybridized carbons (Fsp3) is 0.636. The van der Waals surface area contributed by atoms with Crippen molar-refractivity contribution in [3.63, 3.8) is 0 Å². The van der Waals surface area contributed by atoms with E-state index in [0.29, 0.717) is 5.69 Å². The quantitative estimate of drug-likeness (QED) is 0.870. The van der Waals surface area contributed by atoms with Gasteiger partial charge in [-0.25, -0.2) is 4.79 Å². The Morgan fingerprint density at radius 3 is 2.19 bits per heavy atom. The molecule has 0 aliphatic carbocycles. The van der Waals surface area contributed by atoms with E-state index in [1.54, 1.807) is 4.68 Å². The summed E-state index contributed by atoms with van der Waals surface area (Å²) < 4.78 is 1.55. The third kappa shape index (κ3) is 2.21. The van der Waals surface area contributed by atoms with Crippen LogP contribution in [0.5, 0.6) is 0 Å². The number of carbonyl (C=O) groups is 1. The van der Waals surface area contributed by atoms with Crippen molar-refractivity contribution in [2.45, 2.75) is 46.1 Å². The van der Waals surface area contributed by atoms with E-state index in [-0.39, 0.29) is 22.2 Å². The van der Waals surface area contributed by atoms with Crippen molar-refractivity contribution in [2.75, 3.05) is 0 Å². The molecule has 0 radical (unpaired) electrons. The van der Waals surface area contributed by atoms with E-state index in [1.807, 2.05) is 34.6 Å². The lowest BCUT2D eigenvalue weighted by atomic mass is 9.89. The number of carboxylic acids is 1. The van der Waals surface area contributed by atoms with Crippen LogP contribution in [0, 0.1) is 0 Å². The summed E-state index contributed by atoms with van der Waals surface area (Å²) in [6.45, 7) is 9.59. The molecule has 4 nitrogen and oxygen atoms in total. The molecule has 5 heteroatoms. The van der Waals surface area contributed by atoms with Crippen LogP contribution >= 0.6 is 11.6 Å². The van der Waals surface area contributed by atoms with Gasteiger partial charge < -0.3 is 5.11 Å². The molecule has 0 atom stereocenters. The highest BCUT2D eigenvalue weighted by molar-refractivity contribution is 6.32. The Morgan fingerprint density at radius 2 is 1.94 bits per heavy atom. The number of aromatic nitrogens is 2. The van der Waals surface area contributed by atoms with Crippen molar-refractivity contribution in [1.29, 1.82) is 0 Å². The van der Waals surface area contributed by atoms with Gasteiger partial charge in [-0.15, -0.1) is 0 Å². The first-order chi connectivity index (χ1) is 7.16. The molecule has 16 heavy (non-hydrogen) atoms. The second kappa shape index (κ2) is 4.09. The largest absolute Gasteiger partial charge is 0.478 e. The Morgan fingerprint density at radius 1 is 1.44 bits per heavy atom. The van der Waals surface area contributed by atoms with E-state index >= 15 is 0 Å². The molecule has 1 heterocycles. The topological polar surface area (TPSA) is 55.1 Å². The summed E-state index contributed by atoms with van der Waals surface area (Å²) in [5.74, 6) is -1.03. The van der Waals surface area contributed by atoms with Crippen molar-refractivity contribution in [3.8, 4) is 0 Å². The molecule has 0 unspecified atom stereocenters. The highest BCUT2D eigenvalue weighted by Gasteiger charge is 2.30. The van der Waals surface area contributed by atoms with Crippen molar-refractivity contribution in [1.82, 2.24) is 9.78 Å². The summed E-state index contributed by atoms with van der Waals surface area (Å²) in [6, 6.07) is 0.0432. The van der Waals surface area contributed by atoms with Crippen LogP contribution in [-0.2, 0) is 5.41 Å². The lowest BCUT2D eigenvalue weighted by Crippen LogP contribution is -2.17. The van der Waals surface area contributed by atoms with Gasteiger partial charge >= 0.3 is 5.97 Å². The van der Waals surface area contributed by atoms with E-state index in [2.05, 4.69) is 5.10 Å². The van der Waals surface area contributed by atoms with Crippen molar-refractivity contribution in [3.05, 3.63) is 16.4 Å². The number of carboxylic acid groups (broad SMARTS) is 1. The molecule has 0 saturated heterocycles.